The molecule has 0 aliphatic carbocycles. The van der Waals surface area contributed by atoms with Crippen LogP contribution in [-0.4, -0.2) is 24.9 Å². The van der Waals surface area contributed by atoms with Crippen LogP contribution >= 0.6 is 11.3 Å². The number of rotatable bonds is 5. The van der Waals surface area contributed by atoms with Gasteiger partial charge in [0.25, 0.3) is 0 Å². The molecule has 4 rings (SSSR count). The number of fused-ring (bicyclic) bond motifs is 2. The highest BCUT2D eigenvalue weighted by atomic mass is 32.1. The molecule has 0 spiro atoms. The van der Waals surface area contributed by atoms with Crippen molar-refractivity contribution in [2.45, 2.75) is 6.42 Å². The number of thiazole rings is 1. The number of carbonyl (C=O) groups is 1. The van der Waals surface area contributed by atoms with Crippen molar-refractivity contribution in [1.29, 1.82) is 0 Å². The Bertz CT molecular complexity index is 991. The van der Waals surface area contributed by atoms with Gasteiger partial charge in [0, 0.05) is 12.4 Å². The highest BCUT2D eigenvalue weighted by Crippen LogP contribution is 2.42. The van der Waals surface area contributed by atoms with Gasteiger partial charge in [-0.3, -0.25) is 0 Å². The van der Waals surface area contributed by atoms with E-state index in [0.29, 0.717) is 27.8 Å². The first-order valence-electron chi connectivity index (χ1n) is 7.88. The molecular weight excluding hydrogens is 354 g/mol. The third-order valence-corrected chi connectivity index (χ3v) is 5.04. The lowest BCUT2D eigenvalue weighted by molar-refractivity contribution is -0.304. The van der Waals surface area contributed by atoms with Crippen molar-refractivity contribution >= 4 is 39.2 Å². The molecule has 0 fully saturated rings. The minimum absolute atomic E-state index is 0.128. The summed E-state index contributed by atoms with van der Waals surface area (Å²) in [6.45, 7) is 0.128. The Labute approximate surface area is 153 Å². The van der Waals surface area contributed by atoms with Gasteiger partial charge in [-0.15, -0.1) is 11.3 Å². The van der Waals surface area contributed by atoms with Crippen molar-refractivity contribution in [3.63, 3.8) is 0 Å². The largest absolute Gasteiger partial charge is 0.550 e. The van der Waals surface area contributed by atoms with E-state index in [1.807, 2.05) is 24.3 Å². The first-order valence-corrected chi connectivity index (χ1v) is 8.69. The van der Waals surface area contributed by atoms with E-state index in [1.165, 1.54) is 11.3 Å². The zero-order valence-electron chi connectivity index (χ0n) is 13.9. The minimum atomic E-state index is -1.16. The number of carbonyl (C=O) groups excluding carboxylic acids is 1. The first kappa shape index (κ1) is 16.4. The molecule has 26 heavy (non-hydrogen) atoms. The van der Waals surface area contributed by atoms with Crippen LogP contribution in [0.3, 0.4) is 0 Å². The number of methoxy groups -OCH3 is 1. The molecule has 0 bridgehead atoms. The number of nitrogens with zero attached hydrogens (tertiary/aromatic N) is 1. The van der Waals surface area contributed by atoms with E-state index in [1.54, 1.807) is 25.3 Å². The Morgan fingerprint density at radius 3 is 2.96 bits per heavy atom. The van der Waals surface area contributed by atoms with Gasteiger partial charge >= 0.3 is 0 Å². The molecule has 0 atom stereocenters. The number of hydrogen-bond acceptors (Lipinski definition) is 7. The van der Waals surface area contributed by atoms with Crippen molar-refractivity contribution in [2.75, 3.05) is 13.9 Å². The maximum Gasteiger partial charge on any atom is 0.231 e. The van der Waals surface area contributed by atoms with Crippen LogP contribution in [0.4, 0.5) is 0 Å². The van der Waals surface area contributed by atoms with Crippen LogP contribution in [0.5, 0.6) is 17.2 Å². The highest BCUT2D eigenvalue weighted by molar-refractivity contribution is 7.19. The molecule has 7 heteroatoms. The maximum atomic E-state index is 11.3. The molecule has 2 heterocycles. The highest BCUT2D eigenvalue weighted by Gasteiger charge is 2.20. The molecule has 132 valence electrons. The second-order valence-electron chi connectivity index (χ2n) is 5.66. The molecule has 1 aliphatic heterocycles. The molecule has 1 aromatic heterocycles. The Kier molecular flexibility index (Phi) is 4.22. The molecule has 0 saturated heterocycles. The zero-order valence-corrected chi connectivity index (χ0v) is 14.7. The van der Waals surface area contributed by atoms with Crippen molar-refractivity contribution in [1.82, 2.24) is 4.98 Å². The van der Waals surface area contributed by atoms with Crippen LogP contribution < -0.4 is 19.3 Å². The molecule has 0 saturated carbocycles. The molecular formula is C19H14NO5S-. The van der Waals surface area contributed by atoms with E-state index in [9.17, 15) is 9.90 Å². The zero-order chi connectivity index (χ0) is 18.1. The van der Waals surface area contributed by atoms with E-state index < -0.39 is 5.97 Å². The Morgan fingerprint density at radius 2 is 2.19 bits per heavy atom. The smallest absolute Gasteiger partial charge is 0.231 e. The third kappa shape index (κ3) is 3.09. The summed E-state index contributed by atoms with van der Waals surface area (Å²) in [4.78, 5) is 15.8. The van der Waals surface area contributed by atoms with Crippen molar-refractivity contribution in [2.24, 2.45) is 0 Å². The van der Waals surface area contributed by atoms with E-state index in [0.717, 1.165) is 15.8 Å². The summed E-state index contributed by atoms with van der Waals surface area (Å²) in [7, 11) is 1.54. The van der Waals surface area contributed by atoms with Gasteiger partial charge in [-0.1, -0.05) is 12.1 Å². The number of benzene rings is 2. The fraction of sp³-hybridized carbons (Fsp3) is 0.158. The van der Waals surface area contributed by atoms with Gasteiger partial charge in [0.1, 0.15) is 5.01 Å². The van der Waals surface area contributed by atoms with Gasteiger partial charge in [0.2, 0.25) is 12.5 Å². The van der Waals surface area contributed by atoms with Crippen molar-refractivity contribution in [3.8, 4) is 17.2 Å². The summed E-state index contributed by atoms with van der Waals surface area (Å²) in [6, 6.07) is 11.2. The average Bonchev–Trinajstić information content (AvgIpc) is 3.26. The van der Waals surface area contributed by atoms with Crippen LogP contribution in [0.1, 0.15) is 17.0 Å². The van der Waals surface area contributed by atoms with Crippen LogP contribution in [-0.2, 0) is 4.79 Å². The molecule has 0 amide bonds. The number of aliphatic carboxylic acids is 1. The Balaban J connectivity index is 1.80. The Hall–Kier alpha value is -3.06. The fourth-order valence-electron chi connectivity index (χ4n) is 2.79. The van der Waals surface area contributed by atoms with Crippen LogP contribution in [0.25, 0.3) is 21.9 Å². The predicted molar refractivity (Wildman–Crippen MR) is 96.2 cm³/mol. The monoisotopic (exact) mass is 368 g/mol. The van der Waals surface area contributed by atoms with E-state index in [-0.39, 0.29) is 13.2 Å². The van der Waals surface area contributed by atoms with Gasteiger partial charge in [-0.05, 0) is 41.5 Å². The fourth-order valence-corrected chi connectivity index (χ4v) is 3.77. The number of para-hydroxylation sites is 1. The van der Waals surface area contributed by atoms with Gasteiger partial charge in [0.15, 0.2) is 11.5 Å². The lowest BCUT2D eigenvalue weighted by Gasteiger charge is -2.08. The molecule has 6 nitrogen and oxygen atoms in total. The number of hydrogen-bond donors (Lipinski definition) is 0. The SMILES string of the molecule is COc1cc(/C=C(\CC(=O)[O-])c2nc3ccccc3s2)cc2c1OCO2. The second-order valence-corrected chi connectivity index (χ2v) is 6.69. The lowest BCUT2D eigenvalue weighted by Crippen LogP contribution is -2.22. The predicted octanol–water partition coefficient (Wildman–Crippen LogP) is 2.71. The van der Waals surface area contributed by atoms with E-state index >= 15 is 0 Å². The maximum absolute atomic E-state index is 11.3. The molecule has 3 aromatic rings. The molecule has 0 N–H and O–H groups in total. The summed E-state index contributed by atoms with van der Waals surface area (Å²) in [5, 5.41) is 11.9. The van der Waals surface area contributed by atoms with Crippen molar-refractivity contribution < 1.29 is 24.1 Å². The van der Waals surface area contributed by atoms with Crippen LogP contribution in [0, 0.1) is 0 Å². The summed E-state index contributed by atoms with van der Waals surface area (Å²) in [5.74, 6) is 0.477. The average molecular weight is 368 g/mol. The molecule has 0 radical (unpaired) electrons. The lowest BCUT2D eigenvalue weighted by atomic mass is 10.1. The molecule has 0 unspecified atom stereocenters. The topological polar surface area (TPSA) is 80.7 Å². The summed E-state index contributed by atoms with van der Waals surface area (Å²) < 4.78 is 17.1. The van der Waals surface area contributed by atoms with Gasteiger partial charge in [-0.25, -0.2) is 4.98 Å². The van der Waals surface area contributed by atoms with Gasteiger partial charge < -0.3 is 24.1 Å². The number of carboxylic acids is 1. The first-order chi connectivity index (χ1) is 12.6. The standard InChI is InChI=1S/C19H15NO5S/c1-23-14-7-11(8-15-18(14)25-10-24-15)6-12(9-17(21)22)19-20-13-4-2-3-5-16(13)26-19/h2-8H,9-10H2,1H3,(H,21,22)/p-1/b12-6+. The minimum Gasteiger partial charge on any atom is -0.550 e. The normalized spacial score (nSPS) is 13.2. The second kappa shape index (κ2) is 6.68. The van der Waals surface area contributed by atoms with Crippen LogP contribution in [0.15, 0.2) is 36.4 Å². The van der Waals surface area contributed by atoms with Gasteiger partial charge in [-0.2, -0.15) is 0 Å². The quantitative estimate of drug-likeness (QED) is 0.689. The number of carboxylic acid groups (broad SMARTS) is 1. The summed E-state index contributed by atoms with van der Waals surface area (Å²) in [5.41, 5.74) is 2.13. The van der Waals surface area contributed by atoms with E-state index in [2.05, 4.69) is 4.98 Å². The van der Waals surface area contributed by atoms with Gasteiger partial charge in [0.05, 0.1) is 17.3 Å². The summed E-state index contributed by atoms with van der Waals surface area (Å²) >= 11 is 1.44. The Morgan fingerprint density at radius 1 is 1.35 bits per heavy atom. The molecule has 2 aromatic carbocycles. The van der Waals surface area contributed by atoms with E-state index in [4.69, 9.17) is 14.2 Å². The molecule has 1 aliphatic rings. The van der Waals surface area contributed by atoms with Crippen molar-refractivity contribution in [3.05, 3.63) is 47.0 Å². The third-order valence-electron chi connectivity index (χ3n) is 3.92. The number of aromatic nitrogens is 1. The summed E-state index contributed by atoms with van der Waals surface area (Å²) in [6.07, 6.45) is 1.52. The van der Waals surface area contributed by atoms with Crippen LogP contribution in [0.2, 0.25) is 0 Å². The number of ether oxygens (including phenoxy) is 3.